The van der Waals surface area contributed by atoms with Crippen molar-refractivity contribution >= 4 is 43.1 Å². The molecule has 7 aromatic carbocycles. The summed E-state index contributed by atoms with van der Waals surface area (Å²) in [5.41, 5.74) is 3.76. The van der Waals surface area contributed by atoms with Crippen LogP contribution in [0.3, 0.4) is 0 Å². The molecule has 40 heavy (non-hydrogen) atoms. The van der Waals surface area contributed by atoms with E-state index < -0.39 is 0 Å². The zero-order valence-electron chi connectivity index (χ0n) is 22.0. The molecule has 192 valence electrons. The molecule has 7 aromatic rings. The van der Waals surface area contributed by atoms with Crippen molar-refractivity contribution in [2.45, 2.75) is 18.5 Å². The molecule has 3 atom stereocenters. The molecule has 0 aromatic heterocycles. The highest BCUT2D eigenvalue weighted by molar-refractivity contribution is 6.15. The Morgan fingerprint density at radius 1 is 0.375 bits per heavy atom. The van der Waals surface area contributed by atoms with E-state index in [1.54, 1.807) is 0 Å². The summed E-state index contributed by atoms with van der Waals surface area (Å²) in [5, 5.41) is 22.0. The van der Waals surface area contributed by atoms with Crippen LogP contribution in [0, 0.1) is 0 Å². The molecule has 0 bridgehead atoms. The Bertz CT molecular complexity index is 2010. The van der Waals surface area contributed by atoms with Gasteiger partial charge in [0.1, 0.15) is 0 Å². The molecular formula is C37H29N3. The fourth-order valence-corrected chi connectivity index (χ4v) is 6.51. The van der Waals surface area contributed by atoms with Crippen molar-refractivity contribution in [2.75, 3.05) is 0 Å². The topological polar surface area (TPSA) is 36.1 Å². The Hall–Kier alpha value is -4.54. The summed E-state index contributed by atoms with van der Waals surface area (Å²) in [5.74, 6) is 0. The second-order valence-electron chi connectivity index (χ2n) is 10.7. The SMILES string of the molecule is c1ccc(C2NC(c3cccc4ccccc34)NC(c3c4ccccc4cc4ccc5ccccc5c34)N2)cc1. The highest BCUT2D eigenvalue weighted by Gasteiger charge is 2.32. The van der Waals surface area contributed by atoms with Gasteiger partial charge in [0.2, 0.25) is 0 Å². The number of nitrogens with one attached hydrogen (secondary N) is 3. The Morgan fingerprint density at radius 3 is 1.77 bits per heavy atom. The van der Waals surface area contributed by atoms with Gasteiger partial charge in [-0.3, -0.25) is 16.0 Å². The molecular weight excluding hydrogens is 486 g/mol. The van der Waals surface area contributed by atoms with E-state index in [0.29, 0.717) is 0 Å². The minimum atomic E-state index is -0.102. The molecule has 1 aliphatic rings. The average Bonchev–Trinajstić information content (AvgIpc) is 3.03. The van der Waals surface area contributed by atoms with Crippen molar-refractivity contribution in [2.24, 2.45) is 0 Å². The van der Waals surface area contributed by atoms with Crippen LogP contribution in [-0.2, 0) is 0 Å². The van der Waals surface area contributed by atoms with Crippen LogP contribution in [0.5, 0.6) is 0 Å². The molecule has 0 aliphatic carbocycles. The first-order chi connectivity index (χ1) is 19.8. The van der Waals surface area contributed by atoms with Crippen molar-refractivity contribution in [1.82, 2.24) is 16.0 Å². The van der Waals surface area contributed by atoms with Crippen LogP contribution in [0.2, 0.25) is 0 Å². The van der Waals surface area contributed by atoms with Gasteiger partial charge < -0.3 is 0 Å². The monoisotopic (exact) mass is 515 g/mol. The molecule has 0 radical (unpaired) electrons. The van der Waals surface area contributed by atoms with E-state index in [2.05, 4.69) is 155 Å². The standard InChI is InChI=1S/C37H29N3/c1-2-13-26(14-3-1)35-38-36(32-20-10-16-24-11-4-7-17-29(24)32)40-37(39-35)34-31-19-9-6-15-27(31)23-28-22-21-25-12-5-8-18-30(25)33(28)34/h1-23,35-40H. The lowest BCUT2D eigenvalue weighted by atomic mass is 9.90. The van der Waals surface area contributed by atoms with E-state index in [0.717, 1.165) is 0 Å². The molecule has 1 fully saturated rings. The first-order valence-electron chi connectivity index (χ1n) is 14.0. The summed E-state index contributed by atoms with van der Waals surface area (Å²) >= 11 is 0. The lowest BCUT2D eigenvalue weighted by molar-refractivity contribution is 0.206. The van der Waals surface area contributed by atoms with Crippen LogP contribution in [0.25, 0.3) is 43.1 Å². The van der Waals surface area contributed by atoms with E-state index >= 15 is 0 Å². The molecule has 1 heterocycles. The second kappa shape index (κ2) is 9.58. The molecule has 1 aliphatic heterocycles. The largest absolute Gasteiger partial charge is 0.279 e. The molecule has 3 heteroatoms. The maximum absolute atomic E-state index is 4.00. The summed E-state index contributed by atoms with van der Waals surface area (Å²) in [6.07, 6.45) is -0.207. The quantitative estimate of drug-likeness (QED) is 0.163. The van der Waals surface area contributed by atoms with E-state index in [-0.39, 0.29) is 18.5 Å². The fraction of sp³-hybridized carbons (Fsp3) is 0.0811. The molecule has 3 N–H and O–H groups in total. The van der Waals surface area contributed by atoms with Crippen molar-refractivity contribution in [3.05, 3.63) is 156 Å². The van der Waals surface area contributed by atoms with Gasteiger partial charge in [0.25, 0.3) is 0 Å². The molecule has 3 nitrogen and oxygen atoms in total. The number of benzene rings is 7. The van der Waals surface area contributed by atoms with Gasteiger partial charge in [-0.05, 0) is 65.8 Å². The summed E-state index contributed by atoms with van der Waals surface area (Å²) < 4.78 is 0. The van der Waals surface area contributed by atoms with Gasteiger partial charge >= 0.3 is 0 Å². The van der Waals surface area contributed by atoms with Crippen molar-refractivity contribution < 1.29 is 0 Å². The van der Waals surface area contributed by atoms with E-state index in [4.69, 9.17) is 0 Å². The summed E-state index contributed by atoms with van der Waals surface area (Å²) in [7, 11) is 0. The number of rotatable bonds is 3. The van der Waals surface area contributed by atoms with Crippen LogP contribution in [0.4, 0.5) is 0 Å². The molecule has 1 saturated heterocycles. The molecule has 8 rings (SSSR count). The summed E-state index contributed by atoms with van der Waals surface area (Å²) in [6.45, 7) is 0. The maximum atomic E-state index is 4.00. The van der Waals surface area contributed by atoms with Crippen LogP contribution in [0.15, 0.2) is 140 Å². The second-order valence-corrected chi connectivity index (χ2v) is 10.7. The van der Waals surface area contributed by atoms with Crippen LogP contribution in [0.1, 0.15) is 35.2 Å². The van der Waals surface area contributed by atoms with Crippen LogP contribution in [-0.4, -0.2) is 0 Å². The van der Waals surface area contributed by atoms with Gasteiger partial charge in [0, 0.05) is 0 Å². The minimum Gasteiger partial charge on any atom is -0.279 e. The third kappa shape index (κ3) is 3.87. The Labute approximate surface area is 233 Å². The van der Waals surface area contributed by atoms with Gasteiger partial charge in [-0.25, -0.2) is 0 Å². The number of hydrogen-bond donors (Lipinski definition) is 3. The summed E-state index contributed by atoms with van der Waals surface area (Å²) in [4.78, 5) is 0. The van der Waals surface area contributed by atoms with Gasteiger partial charge in [0.05, 0.1) is 18.5 Å². The van der Waals surface area contributed by atoms with Gasteiger partial charge in [-0.2, -0.15) is 0 Å². The van der Waals surface area contributed by atoms with Crippen LogP contribution < -0.4 is 16.0 Å². The zero-order valence-corrected chi connectivity index (χ0v) is 22.0. The fourth-order valence-electron chi connectivity index (χ4n) is 6.51. The van der Waals surface area contributed by atoms with Gasteiger partial charge in [-0.15, -0.1) is 0 Å². The van der Waals surface area contributed by atoms with E-state index in [1.807, 2.05) is 0 Å². The molecule has 3 unspecified atom stereocenters. The van der Waals surface area contributed by atoms with Crippen LogP contribution >= 0.6 is 0 Å². The highest BCUT2D eigenvalue weighted by Crippen LogP contribution is 2.39. The third-order valence-corrected chi connectivity index (χ3v) is 8.35. The molecule has 0 spiro atoms. The molecule has 0 saturated carbocycles. The first-order valence-corrected chi connectivity index (χ1v) is 14.0. The highest BCUT2D eigenvalue weighted by atomic mass is 15.4. The van der Waals surface area contributed by atoms with E-state index in [9.17, 15) is 0 Å². The third-order valence-electron chi connectivity index (χ3n) is 8.35. The lowest BCUT2D eigenvalue weighted by Gasteiger charge is -2.40. The van der Waals surface area contributed by atoms with Crippen molar-refractivity contribution in [1.29, 1.82) is 0 Å². The molecule has 0 amide bonds. The number of fused-ring (bicyclic) bond motifs is 5. The summed E-state index contributed by atoms with van der Waals surface area (Å²) in [6, 6.07) is 50.3. The normalized spacial score (nSPS) is 19.4. The minimum absolute atomic E-state index is 0.0413. The van der Waals surface area contributed by atoms with Crippen molar-refractivity contribution in [3.63, 3.8) is 0 Å². The van der Waals surface area contributed by atoms with Gasteiger partial charge in [-0.1, -0.05) is 133 Å². The Kier molecular flexibility index (Phi) is 5.59. The maximum Gasteiger partial charge on any atom is 0.0876 e. The predicted molar refractivity (Wildman–Crippen MR) is 167 cm³/mol. The first kappa shape index (κ1) is 23.4. The average molecular weight is 516 g/mol. The Balaban J connectivity index is 1.38. The number of hydrogen-bond acceptors (Lipinski definition) is 3. The van der Waals surface area contributed by atoms with E-state index in [1.165, 1.54) is 59.8 Å². The van der Waals surface area contributed by atoms with Crippen molar-refractivity contribution in [3.8, 4) is 0 Å². The lowest BCUT2D eigenvalue weighted by Crippen LogP contribution is -2.54. The smallest absolute Gasteiger partial charge is 0.0876 e. The Morgan fingerprint density at radius 2 is 0.950 bits per heavy atom. The predicted octanol–water partition coefficient (Wildman–Crippen LogP) is 8.48. The van der Waals surface area contributed by atoms with Gasteiger partial charge in [0.15, 0.2) is 0 Å². The zero-order chi connectivity index (χ0) is 26.5.